The van der Waals surface area contributed by atoms with Gasteiger partial charge < -0.3 is 4.74 Å². The van der Waals surface area contributed by atoms with E-state index in [9.17, 15) is 34.8 Å². The average Bonchev–Trinajstić information content (AvgIpc) is 2.99. The van der Waals surface area contributed by atoms with E-state index < -0.39 is 62.6 Å². The van der Waals surface area contributed by atoms with Crippen molar-refractivity contribution in [3.8, 4) is 0 Å². The molecule has 174 valence electrons. The standard InChI is InChI=1S/C19H26O9S3/c1-13(20)18(2,12-19(29(3,22)23,30(4,24)25)31(5,26)27)17(21)28-16-11-10-14-8-6-7-9-15(14)16/h6-9,16H,10-12H2,1-5H3. The molecule has 1 aliphatic rings. The number of hydrogen-bond donors (Lipinski definition) is 0. The van der Waals surface area contributed by atoms with Gasteiger partial charge in [0, 0.05) is 25.2 Å². The predicted octanol–water partition coefficient (Wildman–Crippen LogP) is 0.990. The number of ether oxygens (including phenoxy) is 1. The Labute approximate surface area is 182 Å². The van der Waals surface area contributed by atoms with Gasteiger partial charge in [-0.25, -0.2) is 25.3 Å². The van der Waals surface area contributed by atoms with Gasteiger partial charge in [-0.2, -0.15) is 0 Å². The topological polar surface area (TPSA) is 146 Å². The summed E-state index contributed by atoms with van der Waals surface area (Å²) in [5.41, 5.74) is -0.669. The minimum atomic E-state index is -4.85. The Balaban J connectivity index is 2.60. The van der Waals surface area contributed by atoms with Crippen LogP contribution < -0.4 is 0 Å². The van der Waals surface area contributed by atoms with E-state index in [-0.39, 0.29) is 0 Å². The van der Waals surface area contributed by atoms with Crippen LogP contribution in [-0.4, -0.2) is 59.2 Å². The number of rotatable bonds is 8. The van der Waals surface area contributed by atoms with Crippen LogP contribution in [0, 0.1) is 5.41 Å². The van der Waals surface area contributed by atoms with E-state index in [0.29, 0.717) is 31.6 Å². The number of Topliss-reactive ketones (excluding diaryl/α,β-unsaturated/α-hetero) is 1. The van der Waals surface area contributed by atoms with Gasteiger partial charge in [0.05, 0.1) is 0 Å². The van der Waals surface area contributed by atoms with Gasteiger partial charge in [-0.05, 0) is 37.8 Å². The van der Waals surface area contributed by atoms with Gasteiger partial charge in [-0.15, -0.1) is 0 Å². The van der Waals surface area contributed by atoms with Crippen LogP contribution in [0.5, 0.6) is 0 Å². The Morgan fingerprint density at radius 3 is 1.90 bits per heavy atom. The molecule has 1 aliphatic carbocycles. The number of hydrogen-bond acceptors (Lipinski definition) is 9. The van der Waals surface area contributed by atoms with Crippen LogP contribution in [0.25, 0.3) is 0 Å². The predicted molar refractivity (Wildman–Crippen MR) is 114 cm³/mol. The molecule has 0 fully saturated rings. The molecule has 1 aromatic carbocycles. The first-order chi connectivity index (χ1) is 13.9. The van der Waals surface area contributed by atoms with Crippen LogP contribution in [0.2, 0.25) is 0 Å². The highest BCUT2D eigenvalue weighted by atomic mass is 32.3. The molecule has 0 aromatic heterocycles. The van der Waals surface area contributed by atoms with Crippen LogP contribution in [0.1, 0.15) is 43.9 Å². The van der Waals surface area contributed by atoms with Crippen LogP contribution in [-0.2, 0) is 50.3 Å². The molecule has 0 saturated carbocycles. The summed E-state index contributed by atoms with van der Waals surface area (Å²) in [7, 11) is -14.6. The van der Waals surface area contributed by atoms with Gasteiger partial charge in [-0.1, -0.05) is 24.3 Å². The molecule has 12 heteroatoms. The lowest BCUT2D eigenvalue weighted by Crippen LogP contribution is -2.57. The number of fused-ring (bicyclic) bond motifs is 1. The monoisotopic (exact) mass is 494 g/mol. The highest BCUT2D eigenvalue weighted by Crippen LogP contribution is 2.44. The Bertz CT molecular complexity index is 1150. The van der Waals surface area contributed by atoms with Gasteiger partial charge in [-0.3, -0.25) is 9.59 Å². The van der Waals surface area contributed by atoms with Crippen LogP contribution >= 0.6 is 0 Å². The fourth-order valence-electron chi connectivity index (χ4n) is 3.89. The Morgan fingerprint density at radius 1 is 0.968 bits per heavy atom. The third-order valence-corrected chi connectivity index (χ3v) is 15.1. The van der Waals surface area contributed by atoms with Gasteiger partial charge in [0.1, 0.15) is 17.3 Å². The van der Waals surface area contributed by atoms with E-state index in [1.807, 2.05) is 12.1 Å². The lowest BCUT2D eigenvalue weighted by atomic mass is 9.83. The molecule has 0 spiro atoms. The van der Waals surface area contributed by atoms with E-state index in [2.05, 4.69) is 0 Å². The molecule has 0 radical (unpaired) electrons. The normalized spacial score (nSPS) is 19.3. The van der Waals surface area contributed by atoms with Crippen molar-refractivity contribution in [2.45, 2.75) is 42.6 Å². The first-order valence-electron chi connectivity index (χ1n) is 9.27. The lowest BCUT2D eigenvalue weighted by Gasteiger charge is -2.35. The average molecular weight is 495 g/mol. The molecule has 2 rings (SSSR count). The Morgan fingerprint density at radius 2 is 1.45 bits per heavy atom. The van der Waals surface area contributed by atoms with E-state index in [0.717, 1.165) is 25.0 Å². The molecule has 0 saturated heterocycles. The zero-order valence-corrected chi connectivity index (χ0v) is 20.4. The Hall–Kier alpha value is -1.79. The number of benzene rings is 1. The van der Waals surface area contributed by atoms with E-state index in [4.69, 9.17) is 4.74 Å². The smallest absolute Gasteiger partial charge is 0.320 e. The molecule has 0 bridgehead atoms. The van der Waals surface area contributed by atoms with E-state index >= 15 is 0 Å². The molecule has 1 aromatic rings. The maximum absolute atomic E-state index is 13.1. The fraction of sp³-hybridized carbons (Fsp3) is 0.579. The van der Waals surface area contributed by atoms with Crippen LogP contribution in [0.15, 0.2) is 24.3 Å². The molecule has 0 aliphatic heterocycles. The van der Waals surface area contributed by atoms with Crippen LogP contribution in [0.3, 0.4) is 0 Å². The quantitative estimate of drug-likeness (QED) is 0.381. The van der Waals surface area contributed by atoms with Crippen molar-refractivity contribution in [3.05, 3.63) is 35.4 Å². The van der Waals surface area contributed by atoms with Crippen LogP contribution in [0.4, 0.5) is 0 Å². The summed E-state index contributed by atoms with van der Waals surface area (Å²) in [6, 6.07) is 7.17. The third kappa shape index (κ3) is 4.29. The molecule has 0 N–H and O–H groups in total. The third-order valence-electron chi connectivity index (χ3n) is 5.82. The lowest BCUT2D eigenvalue weighted by molar-refractivity contribution is -0.164. The van der Waals surface area contributed by atoms with Crippen molar-refractivity contribution in [1.82, 2.24) is 0 Å². The van der Waals surface area contributed by atoms with E-state index in [1.54, 1.807) is 12.1 Å². The maximum Gasteiger partial charge on any atom is 0.320 e. The van der Waals surface area contributed by atoms with Crippen molar-refractivity contribution < 1.29 is 39.6 Å². The minimum absolute atomic E-state index is 0.425. The molecule has 0 heterocycles. The minimum Gasteiger partial charge on any atom is -0.457 e. The number of carbonyl (C=O) groups is 2. The molecule has 9 nitrogen and oxygen atoms in total. The zero-order chi connectivity index (χ0) is 24.0. The van der Waals surface area contributed by atoms with Gasteiger partial charge >= 0.3 is 5.97 Å². The maximum atomic E-state index is 13.1. The van der Waals surface area contributed by atoms with Crippen molar-refractivity contribution >= 4 is 41.3 Å². The first-order valence-corrected chi connectivity index (χ1v) is 14.9. The molecule has 0 amide bonds. The number of ketones is 1. The van der Waals surface area contributed by atoms with Gasteiger partial charge in [0.25, 0.3) is 3.41 Å². The number of carbonyl (C=O) groups excluding carboxylic acids is 2. The summed E-state index contributed by atoms with van der Waals surface area (Å²) in [4.78, 5) is 25.6. The summed E-state index contributed by atoms with van der Waals surface area (Å²) in [5.74, 6) is -2.09. The first kappa shape index (κ1) is 25.5. The summed E-state index contributed by atoms with van der Waals surface area (Å²) in [5, 5.41) is 0. The highest BCUT2D eigenvalue weighted by Gasteiger charge is 2.64. The van der Waals surface area contributed by atoms with Crippen molar-refractivity contribution in [2.75, 3.05) is 18.8 Å². The highest BCUT2D eigenvalue weighted by molar-refractivity contribution is 8.25. The summed E-state index contributed by atoms with van der Waals surface area (Å²) < 4.78 is 77.5. The van der Waals surface area contributed by atoms with E-state index in [1.165, 1.54) is 0 Å². The zero-order valence-electron chi connectivity index (χ0n) is 17.9. The Kier molecular flexibility index (Phi) is 6.54. The molecular formula is C19H26O9S3. The summed E-state index contributed by atoms with van der Waals surface area (Å²) in [6.45, 7) is 1.97. The van der Waals surface area contributed by atoms with Crippen molar-refractivity contribution in [1.29, 1.82) is 0 Å². The molecule has 31 heavy (non-hydrogen) atoms. The second-order valence-electron chi connectivity index (χ2n) is 8.20. The molecule has 2 unspecified atom stereocenters. The summed E-state index contributed by atoms with van der Waals surface area (Å²) in [6.07, 6.45) is 0.376. The second-order valence-corrected chi connectivity index (χ2v) is 15.7. The van der Waals surface area contributed by atoms with Gasteiger partial charge in [0.15, 0.2) is 29.5 Å². The molecule has 2 atom stereocenters. The SMILES string of the molecule is CC(=O)C(C)(CC(S(C)(=O)=O)(S(C)(=O)=O)S(C)(=O)=O)C(=O)OC1CCc2ccccc21. The molecular weight excluding hydrogens is 468 g/mol. The number of sulfone groups is 3. The number of esters is 1. The largest absolute Gasteiger partial charge is 0.457 e. The van der Waals surface area contributed by atoms with Crippen molar-refractivity contribution in [2.24, 2.45) is 5.41 Å². The summed E-state index contributed by atoms with van der Waals surface area (Å²) >= 11 is 0. The fourth-order valence-corrected chi connectivity index (χ4v) is 12.1. The number of aryl methyl sites for hydroxylation is 1. The van der Waals surface area contributed by atoms with Gasteiger partial charge in [0.2, 0.25) is 0 Å². The second kappa shape index (κ2) is 7.96. The van der Waals surface area contributed by atoms with Crippen molar-refractivity contribution in [3.63, 3.8) is 0 Å².